The highest BCUT2D eigenvalue weighted by atomic mass is 16.2. The minimum atomic E-state index is 0.178. The number of hydrogen-bond donors (Lipinski definition) is 1. The molecule has 0 radical (unpaired) electrons. The van der Waals surface area contributed by atoms with Crippen LogP contribution in [0.4, 0.5) is 0 Å². The molecule has 1 aliphatic rings. The summed E-state index contributed by atoms with van der Waals surface area (Å²) < 4.78 is 2.09. The molecule has 0 atom stereocenters. The van der Waals surface area contributed by atoms with Crippen molar-refractivity contribution >= 4 is 11.6 Å². The van der Waals surface area contributed by atoms with E-state index in [1.54, 1.807) is 0 Å². The Morgan fingerprint density at radius 2 is 1.93 bits per heavy atom. The number of aryl methyl sites for hydroxylation is 3. The summed E-state index contributed by atoms with van der Waals surface area (Å²) in [6.07, 6.45) is 3.39. The molecule has 4 rings (SSSR count). The van der Waals surface area contributed by atoms with Gasteiger partial charge in [-0.25, -0.2) is 4.98 Å². The number of rotatable bonds is 3. The zero-order chi connectivity index (χ0) is 19.7. The van der Waals surface area contributed by atoms with Crippen molar-refractivity contribution in [1.82, 2.24) is 19.6 Å². The van der Waals surface area contributed by atoms with Crippen LogP contribution in [0.15, 0.2) is 36.5 Å². The Morgan fingerprint density at radius 3 is 2.75 bits per heavy atom. The second-order valence-corrected chi connectivity index (χ2v) is 7.75. The second-order valence-electron chi connectivity index (χ2n) is 7.75. The van der Waals surface area contributed by atoms with Gasteiger partial charge in [0, 0.05) is 31.4 Å². The van der Waals surface area contributed by atoms with E-state index in [2.05, 4.69) is 54.8 Å². The Kier molecular flexibility index (Phi) is 5.18. The normalized spacial score (nSPS) is 15.0. The van der Waals surface area contributed by atoms with E-state index in [1.165, 1.54) is 11.1 Å². The molecule has 1 aromatic carbocycles. The number of amides is 1. The third-order valence-electron chi connectivity index (χ3n) is 5.74. The summed E-state index contributed by atoms with van der Waals surface area (Å²) in [6, 6.07) is 10.5. The Balaban J connectivity index is 1.78. The molecule has 5 nitrogen and oxygen atoms in total. The van der Waals surface area contributed by atoms with E-state index >= 15 is 0 Å². The molecule has 1 amide bonds. The average Bonchev–Trinajstić information content (AvgIpc) is 2.87. The van der Waals surface area contributed by atoms with E-state index in [0.29, 0.717) is 6.42 Å². The van der Waals surface area contributed by atoms with Gasteiger partial charge < -0.3 is 14.6 Å². The van der Waals surface area contributed by atoms with Crippen molar-refractivity contribution in [2.24, 2.45) is 0 Å². The lowest BCUT2D eigenvalue weighted by Gasteiger charge is -2.20. The Bertz CT molecular complexity index is 1010. The molecular formula is C23H28N4O. The fourth-order valence-corrected chi connectivity index (χ4v) is 3.89. The zero-order valence-corrected chi connectivity index (χ0v) is 17.0. The highest BCUT2D eigenvalue weighted by Crippen LogP contribution is 2.28. The summed E-state index contributed by atoms with van der Waals surface area (Å²) in [4.78, 5) is 20.0. The number of carbonyl (C=O) groups is 1. The number of benzene rings is 1. The molecule has 3 aromatic rings. The zero-order valence-electron chi connectivity index (χ0n) is 17.0. The Hall–Kier alpha value is -2.66. The molecule has 0 unspecified atom stereocenters. The topological polar surface area (TPSA) is 49.6 Å². The first kappa shape index (κ1) is 18.7. The van der Waals surface area contributed by atoms with Gasteiger partial charge in [0.1, 0.15) is 5.65 Å². The predicted molar refractivity (Wildman–Crippen MR) is 113 cm³/mol. The maximum absolute atomic E-state index is 13.1. The fraction of sp³-hybridized carbons (Fsp3) is 0.391. The van der Waals surface area contributed by atoms with Gasteiger partial charge in [0.15, 0.2) is 0 Å². The predicted octanol–water partition coefficient (Wildman–Crippen LogP) is 3.29. The lowest BCUT2D eigenvalue weighted by molar-refractivity contribution is -0.130. The van der Waals surface area contributed by atoms with Crippen molar-refractivity contribution in [1.29, 1.82) is 0 Å². The summed E-state index contributed by atoms with van der Waals surface area (Å²) in [7, 11) is 0. The average molecular weight is 377 g/mol. The van der Waals surface area contributed by atoms with Gasteiger partial charge in [-0.05, 0) is 62.6 Å². The van der Waals surface area contributed by atoms with Gasteiger partial charge in [-0.15, -0.1) is 0 Å². The summed E-state index contributed by atoms with van der Waals surface area (Å²) in [5, 5.41) is 3.37. The van der Waals surface area contributed by atoms with Crippen LogP contribution in [0.2, 0.25) is 0 Å². The number of imidazole rings is 1. The maximum atomic E-state index is 13.1. The second kappa shape index (κ2) is 7.76. The van der Waals surface area contributed by atoms with Gasteiger partial charge in [-0.3, -0.25) is 4.79 Å². The van der Waals surface area contributed by atoms with Gasteiger partial charge in [0.05, 0.1) is 17.8 Å². The van der Waals surface area contributed by atoms with Gasteiger partial charge in [-0.1, -0.05) is 18.2 Å². The van der Waals surface area contributed by atoms with Crippen LogP contribution in [0.5, 0.6) is 0 Å². The van der Waals surface area contributed by atoms with Gasteiger partial charge in [0.25, 0.3) is 0 Å². The Morgan fingerprint density at radius 1 is 1.07 bits per heavy atom. The van der Waals surface area contributed by atoms with Crippen LogP contribution < -0.4 is 5.32 Å². The first-order valence-electron chi connectivity index (χ1n) is 10.1. The number of hydrogen-bond acceptors (Lipinski definition) is 3. The van der Waals surface area contributed by atoms with Gasteiger partial charge >= 0.3 is 0 Å². The smallest absolute Gasteiger partial charge is 0.228 e. The lowest BCUT2D eigenvalue weighted by atomic mass is 10.0. The molecule has 0 spiro atoms. The number of nitrogens with one attached hydrogen (secondary N) is 1. The van der Waals surface area contributed by atoms with Crippen molar-refractivity contribution in [3.8, 4) is 11.3 Å². The van der Waals surface area contributed by atoms with Crippen molar-refractivity contribution < 1.29 is 4.79 Å². The summed E-state index contributed by atoms with van der Waals surface area (Å²) in [5.74, 6) is 0.178. The molecule has 2 aromatic heterocycles. The largest absolute Gasteiger partial charge is 0.341 e. The van der Waals surface area contributed by atoms with Gasteiger partial charge in [-0.2, -0.15) is 0 Å². The molecule has 1 fully saturated rings. The Labute approximate surface area is 166 Å². The van der Waals surface area contributed by atoms with Crippen molar-refractivity contribution in [2.45, 2.75) is 33.6 Å². The van der Waals surface area contributed by atoms with Crippen LogP contribution in [0.25, 0.3) is 16.9 Å². The summed E-state index contributed by atoms with van der Waals surface area (Å²) in [5.41, 5.74) is 7.51. The molecule has 1 aliphatic heterocycles. The standard InChI is InChI=1S/C23H28N4O/c1-16-7-8-19(14-18(16)3)22-20(27-12-4-6-17(2)23(27)25-22)15-21(28)26-11-5-9-24-10-13-26/h4,6-8,12,14,24H,5,9-11,13,15H2,1-3H3. The summed E-state index contributed by atoms with van der Waals surface area (Å²) >= 11 is 0. The quantitative estimate of drug-likeness (QED) is 0.763. The van der Waals surface area contributed by atoms with Crippen LogP contribution in [0.1, 0.15) is 28.8 Å². The highest BCUT2D eigenvalue weighted by molar-refractivity contribution is 5.82. The monoisotopic (exact) mass is 376 g/mol. The van der Waals surface area contributed by atoms with Crippen molar-refractivity contribution in [2.75, 3.05) is 26.2 Å². The third-order valence-corrected chi connectivity index (χ3v) is 5.74. The number of nitrogens with zero attached hydrogens (tertiary/aromatic N) is 3. The molecule has 1 saturated heterocycles. The molecule has 28 heavy (non-hydrogen) atoms. The minimum absolute atomic E-state index is 0.178. The van der Waals surface area contributed by atoms with Gasteiger partial charge in [0.2, 0.25) is 5.91 Å². The minimum Gasteiger partial charge on any atom is -0.341 e. The molecule has 0 aliphatic carbocycles. The van der Waals surface area contributed by atoms with E-state index in [4.69, 9.17) is 4.98 Å². The van der Waals surface area contributed by atoms with Crippen LogP contribution in [0, 0.1) is 20.8 Å². The summed E-state index contributed by atoms with van der Waals surface area (Å²) in [6.45, 7) is 9.74. The van der Waals surface area contributed by atoms with Crippen molar-refractivity contribution in [3.63, 3.8) is 0 Å². The lowest BCUT2D eigenvalue weighted by Crippen LogP contribution is -2.35. The third kappa shape index (κ3) is 3.54. The number of pyridine rings is 1. The molecular weight excluding hydrogens is 348 g/mol. The highest BCUT2D eigenvalue weighted by Gasteiger charge is 2.22. The van der Waals surface area contributed by atoms with Crippen LogP contribution in [-0.4, -0.2) is 46.4 Å². The van der Waals surface area contributed by atoms with E-state index in [-0.39, 0.29) is 5.91 Å². The SMILES string of the molecule is Cc1ccc(-c2nc3c(C)cccn3c2CC(=O)N2CCCNCC2)cc1C. The van der Waals surface area contributed by atoms with E-state index in [0.717, 1.165) is 60.8 Å². The molecule has 0 bridgehead atoms. The first-order chi connectivity index (χ1) is 13.5. The van der Waals surface area contributed by atoms with Crippen LogP contribution in [-0.2, 0) is 11.2 Å². The molecule has 1 N–H and O–H groups in total. The molecule has 0 saturated carbocycles. The van der Waals surface area contributed by atoms with E-state index in [9.17, 15) is 4.79 Å². The number of carbonyl (C=O) groups excluding carboxylic acids is 1. The van der Waals surface area contributed by atoms with Crippen molar-refractivity contribution in [3.05, 3.63) is 58.9 Å². The van der Waals surface area contributed by atoms with E-state index in [1.807, 2.05) is 17.2 Å². The van der Waals surface area contributed by atoms with E-state index < -0.39 is 0 Å². The number of aromatic nitrogens is 2. The first-order valence-corrected chi connectivity index (χ1v) is 10.1. The molecule has 146 valence electrons. The molecule has 3 heterocycles. The molecule has 5 heteroatoms. The number of fused-ring (bicyclic) bond motifs is 1. The fourth-order valence-electron chi connectivity index (χ4n) is 3.89. The maximum Gasteiger partial charge on any atom is 0.228 e. The van der Waals surface area contributed by atoms with Crippen LogP contribution >= 0.6 is 0 Å². The van der Waals surface area contributed by atoms with Crippen LogP contribution in [0.3, 0.4) is 0 Å².